The van der Waals surface area contributed by atoms with Gasteiger partial charge in [-0.2, -0.15) is 0 Å². The summed E-state index contributed by atoms with van der Waals surface area (Å²) >= 11 is 0. The normalized spacial score (nSPS) is 19.8. The summed E-state index contributed by atoms with van der Waals surface area (Å²) in [6.45, 7) is 7.02. The number of aromatic nitrogens is 3. The van der Waals surface area contributed by atoms with E-state index in [1.807, 2.05) is 34.9 Å². The first kappa shape index (κ1) is 20.6. The lowest BCUT2D eigenvalue weighted by molar-refractivity contribution is 0.0243. The van der Waals surface area contributed by atoms with E-state index >= 15 is 0 Å². The minimum atomic E-state index is -0.111. The zero-order valence-electron chi connectivity index (χ0n) is 15.3. The minimum absolute atomic E-state index is 0. The first-order valence-electron chi connectivity index (χ1n) is 8.81. The summed E-state index contributed by atoms with van der Waals surface area (Å²) in [6.07, 6.45) is 3.90. The Morgan fingerprint density at radius 2 is 2.12 bits per heavy atom. The molecule has 1 saturated heterocycles. The fourth-order valence-corrected chi connectivity index (χ4v) is 2.91. The molecule has 1 atom stereocenters. The molecule has 0 amide bonds. The fraction of sp³-hybridized carbons (Fsp3) is 0.500. The Labute approximate surface area is 171 Å². The second-order valence-corrected chi connectivity index (χ2v) is 6.40. The SMILES string of the molecule is CCNC(=NCc1nncn1-c1ccccc1)NCC1(C)CCCO1.I. The molecule has 2 heterocycles. The lowest BCUT2D eigenvalue weighted by Crippen LogP contribution is -2.45. The third kappa shape index (κ3) is 5.41. The van der Waals surface area contributed by atoms with Gasteiger partial charge in [-0.3, -0.25) is 4.57 Å². The predicted molar refractivity (Wildman–Crippen MR) is 113 cm³/mol. The smallest absolute Gasteiger partial charge is 0.191 e. The van der Waals surface area contributed by atoms with Crippen LogP contribution in [0.4, 0.5) is 0 Å². The second kappa shape index (κ2) is 9.86. The fourth-order valence-electron chi connectivity index (χ4n) is 2.91. The maximum Gasteiger partial charge on any atom is 0.191 e. The first-order valence-corrected chi connectivity index (χ1v) is 8.81. The molecule has 3 rings (SSSR count). The molecule has 8 heteroatoms. The number of nitrogens with one attached hydrogen (secondary N) is 2. The molecular weight excluding hydrogens is 443 g/mol. The summed E-state index contributed by atoms with van der Waals surface area (Å²) in [4.78, 5) is 4.65. The average Bonchev–Trinajstić information content (AvgIpc) is 3.28. The number of nitrogens with zero attached hydrogens (tertiary/aromatic N) is 4. The third-order valence-corrected chi connectivity index (χ3v) is 4.31. The van der Waals surface area contributed by atoms with Gasteiger partial charge in [-0.1, -0.05) is 18.2 Å². The Bertz CT molecular complexity index is 697. The average molecular weight is 470 g/mol. The van der Waals surface area contributed by atoms with Crippen LogP contribution in [0.1, 0.15) is 32.5 Å². The quantitative estimate of drug-likeness (QED) is 0.386. The van der Waals surface area contributed by atoms with Crippen LogP contribution in [-0.4, -0.2) is 46.0 Å². The molecule has 0 bridgehead atoms. The van der Waals surface area contributed by atoms with Crippen molar-refractivity contribution in [1.29, 1.82) is 0 Å². The number of ether oxygens (including phenoxy) is 1. The van der Waals surface area contributed by atoms with Gasteiger partial charge in [0.2, 0.25) is 0 Å². The predicted octanol–water partition coefficient (Wildman–Crippen LogP) is 2.51. The summed E-state index contributed by atoms with van der Waals surface area (Å²) in [5, 5.41) is 14.9. The number of halogens is 1. The van der Waals surface area contributed by atoms with Crippen LogP contribution in [-0.2, 0) is 11.3 Å². The van der Waals surface area contributed by atoms with Crippen LogP contribution in [0.3, 0.4) is 0 Å². The van der Waals surface area contributed by atoms with Crippen molar-refractivity contribution in [1.82, 2.24) is 25.4 Å². The van der Waals surface area contributed by atoms with Crippen LogP contribution in [0, 0.1) is 0 Å². The van der Waals surface area contributed by atoms with Crippen molar-refractivity contribution in [2.24, 2.45) is 4.99 Å². The van der Waals surface area contributed by atoms with E-state index in [0.29, 0.717) is 6.54 Å². The van der Waals surface area contributed by atoms with Crippen LogP contribution in [0.15, 0.2) is 41.7 Å². The zero-order valence-corrected chi connectivity index (χ0v) is 17.6. The van der Waals surface area contributed by atoms with Crippen molar-refractivity contribution in [3.63, 3.8) is 0 Å². The van der Waals surface area contributed by atoms with Gasteiger partial charge < -0.3 is 15.4 Å². The highest BCUT2D eigenvalue weighted by Crippen LogP contribution is 2.23. The molecule has 0 spiro atoms. The summed E-state index contributed by atoms with van der Waals surface area (Å²) < 4.78 is 7.78. The standard InChI is InChI=1S/C18H26N6O.HI/c1-3-19-17(21-13-18(2)10-7-11-25-18)20-12-16-23-22-14-24(16)15-8-5-4-6-9-15;/h4-6,8-9,14H,3,7,10-13H2,1-2H3,(H2,19,20,21);1H. The van der Waals surface area contributed by atoms with Gasteiger partial charge in [-0.05, 0) is 38.8 Å². The molecule has 2 aromatic rings. The van der Waals surface area contributed by atoms with Gasteiger partial charge >= 0.3 is 0 Å². The second-order valence-electron chi connectivity index (χ2n) is 6.40. The highest BCUT2D eigenvalue weighted by molar-refractivity contribution is 14.0. The molecule has 1 aliphatic heterocycles. The van der Waals surface area contributed by atoms with Crippen molar-refractivity contribution in [2.45, 2.75) is 38.8 Å². The minimum Gasteiger partial charge on any atom is -0.373 e. The molecule has 1 aromatic heterocycles. The van der Waals surface area contributed by atoms with E-state index in [4.69, 9.17) is 4.74 Å². The van der Waals surface area contributed by atoms with E-state index in [-0.39, 0.29) is 29.6 Å². The number of rotatable bonds is 6. The van der Waals surface area contributed by atoms with Gasteiger partial charge in [0.25, 0.3) is 0 Å². The van der Waals surface area contributed by atoms with E-state index in [2.05, 4.69) is 39.7 Å². The molecule has 0 radical (unpaired) electrons. The topological polar surface area (TPSA) is 76.4 Å². The summed E-state index contributed by atoms with van der Waals surface area (Å²) in [6, 6.07) is 10.0. The lowest BCUT2D eigenvalue weighted by atomic mass is 10.0. The Balaban J connectivity index is 0.00000243. The van der Waals surface area contributed by atoms with E-state index in [9.17, 15) is 0 Å². The van der Waals surface area contributed by atoms with Crippen LogP contribution < -0.4 is 10.6 Å². The lowest BCUT2D eigenvalue weighted by Gasteiger charge is -2.24. The molecule has 1 aromatic carbocycles. The zero-order chi connectivity index (χ0) is 17.5. The van der Waals surface area contributed by atoms with Gasteiger partial charge in [-0.25, -0.2) is 4.99 Å². The largest absolute Gasteiger partial charge is 0.373 e. The molecule has 2 N–H and O–H groups in total. The number of hydrogen-bond acceptors (Lipinski definition) is 4. The van der Waals surface area contributed by atoms with Crippen molar-refractivity contribution >= 4 is 29.9 Å². The van der Waals surface area contributed by atoms with Crippen molar-refractivity contribution < 1.29 is 4.74 Å². The Morgan fingerprint density at radius 1 is 1.31 bits per heavy atom. The highest BCUT2D eigenvalue weighted by atomic mass is 127. The number of guanidine groups is 1. The van der Waals surface area contributed by atoms with E-state index in [1.165, 1.54) is 0 Å². The van der Waals surface area contributed by atoms with Gasteiger partial charge in [0.15, 0.2) is 11.8 Å². The van der Waals surface area contributed by atoms with Gasteiger partial charge in [0, 0.05) is 25.4 Å². The molecule has 0 saturated carbocycles. The monoisotopic (exact) mass is 470 g/mol. The maximum absolute atomic E-state index is 5.82. The van der Waals surface area contributed by atoms with Crippen LogP contribution in [0.25, 0.3) is 5.69 Å². The molecule has 0 aliphatic carbocycles. The van der Waals surface area contributed by atoms with Gasteiger partial charge in [-0.15, -0.1) is 34.2 Å². The van der Waals surface area contributed by atoms with Crippen LogP contribution in [0.2, 0.25) is 0 Å². The molecule has 7 nitrogen and oxygen atoms in total. The number of benzene rings is 1. The molecule has 1 unspecified atom stereocenters. The van der Waals surface area contributed by atoms with Crippen molar-refractivity contribution in [2.75, 3.05) is 19.7 Å². The molecule has 1 aliphatic rings. The van der Waals surface area contributed by atoms with Gasteiger partial charge in [0.1, 0.15) is 12.9 Å². The molecule has 142 valence electrons. The Hall–Kier alpha value is -1.68. The maximum atomic E-state index is 5.82. The number of para-hydroxylation sites is 1. The van der Waals surface area contributed by atoms with E-state index in [1.54, 1.807) is 6.33 Å². The summed E-state index contributed by atoms with van der Waals surface area (Å²) in [7, 11) is 0. The number of hydrogen-bond donors (Lipinski definition) is 2. The van der Waals surface area contributed by atoms with Gasteiger partial charge in [0.05, 0.1) is 5.60 Å². The van der Waals surface area contributed by atoms with Crippen LogP contribution in [0.5, 0.6) is 0 Å². The third-order valence-electron chi connectivity index (χ3n) is 4.31. The van der Waals surface area contributed by atoms with E-state index < -0.39 is 0 Å². The number of aliphatic imine (C=N–C) groups is 1. The van der Waals surface area contributed by atoms with Crippen molar-refractivity contribution in [3.8, 4) is 5.69 Å². The molecule has 1 fully saturated rings. The van der Waals surface area contributed by atoms with Crippen LogP contribution >= 0.6 is 24.0 Å². The summed E-state index contributed by atoms with van der Waals surface area (Å²) in [5.74, 6) is 1.56. The molecular formula is C18H27IN6O. The Kier molecular flexibility index (Phi) is 7.83. The Morgan fingerprint density at radius 3 is 2.81 bits per heavy atom. The molecule has 26 heavy (non-hydrogen) atoms. The summed E-state index contributed by atoms with van der Waals surface area (Å²) in [5.41, 5.74) is 0.919. The van der Waals surface area contributed by atoms with E-state index in [0.717, 1.165) is 50.0 Å². The highest BCUT2D eigenvalue weighted by Gasteiger charge is 2.29. The van der Waals surface area contributed by atoms with Crippen molar-refractivity contribution in [3.05, 3.63) is 42.5 Å². The first-order chi connectivity index (χ1) is 12.2.